The zero-order valence-corrected chi connectivity index (χ0v) is 8.63. The topological polar surface area (TPSA) is 44.0 Å². The smallest absolute Gasteiger partial charge is 0.133 e. The van der Waals surface area contributed by atoms with Crippen molar-refractivity contribution in [3.63, 3.8) is 0 Å². The van der Waals surface area contributed by atoms with Crippen molar-refractivity contribution < 1.29 is 5.11 Å². The minimum Gasteiger partial charge on any atom is -0.507 e. The molecular weight excluding hydrogens is 174 g/mol. The van der Waals surface area contributed by atoms with Crippen molar-refractivity contribution in [2.45, 2.75) is 20.8 Å². The summed E-state index contributed by atoms with van der Waals surface area (Å²) in [6.45, 7) is 6.03. The molecule has 0 bridgehead atoms. The first-order valence-electron chi connectivity index (χ1n) is 4.44. The molecule has 14 heavy (non-hydrogen) atoms. The summed E-state index contributed by atoms with van der Waals surface area (Å²) in [6, 6.07) is 7.03. The van der Waals surface area contributed by atoms with Gasteiger partial charge in [-0.15, -0.1) is 0 Å². The molecule has 0 aromatic heterocycles. The molecule has 0 fully saturated rings. The Balaban J connectivity index is 3.24. The Bertz CT molecular complexity index is 420. The third-order valence-electron chi connectivity index (χ3n) is 2.30. The molecule has 0 aliphatic heterocycles. The quantitative estimate of drug-likeness (QED) is 0.734. The minimum atomic E-state index is 0.0469. The van der Waals surface area contributed by atoms with Gasteiger partial charge in [-0.25, -0.2) is 0 Å². The van der Waals surface area contributed by atoms with E-state index in [1.807, 2.05) is 32.9 Å². The molecule has 0 amide bonds. The SMILES string of the molecule is CC(C)=C(C)c1ccc(C#N)c(O)c1. The number of rotatable bonds is 1. The number of aromatic hydroxyl groups is 1. The van der Waals surface area contributed by atoms with Crippen molar-refractivity contribution in [1.82, 2.24) is 0 Å². The zero-order chi connectivity index (χ0) is 10.7. The summed E-state index contributed by atoms with van der Waals surface area (Å²) in [6.07, 6.45) is 0. The molecule has 1 N–H and O–H groups in total. The van der Waals surface area contributed by atoms with E-state index in [9.17, 15) is 5.11 Å². The van der Waals surface area contributed by atoms with Crippen LogP contribution in [0.15, 0.2) is 23.8 Å². The number of hydrogen-bond donors (Lipinski definition) is 1. The predicted octanol–water partition coefficient (Wildman–Crippen LogP) is 3.08. The largest absolute Gasteiger partial charge is 0.507 e. The Labute approximate surface area is 84.1 Å². The van der Waals surface area contributed by atoms with E-state index in [-0.39, 0.29) is 5.75 Å². The summed E-state index contributed by atoms with van der Waals surface area (Å²) in [4.78, 5) is 0. The highest BCUT2D eigenvalue weighted by Crippen LogP contribution is 2.24. The van der Waals surface area contributed by atoms with E-state index in [4.69, 9.17) is 5.26 Å². The van der Waals surface area contributed by atoms with Crippen LogP contribution in [0.1, 0.15) is 31.9 Å². The molecule has 0 atom stereocenters. The van der Waals surface area contributed by atoms with Gasteiger partial charge in [0.1, 0.15) is 11.8 Å². The summed E-state index contributed by atoms with van der Waals surface area (Å²) >= 11 is 0. The lowest BCUT2D eigenvalue weighted by atomic mass is 10.0. The average molecular weight is 187 g/mol. The van der Waals surface area contributed by atoms with Gasteiger partial charge in [-0.3, -0.25) is 0 Å². The highest BCUT2D eigenvalue weighted by molar-refractivity contribution is 5.68. The van der Waals surface area contributed by atoms with Crippen LogP contribution in [0.2, 0.25) is 0 Å². The Morgan fingerprint density at radius 3 is 2.36 bits per heavy atom. The molecule has 0 aliphatic rings. The van der Waals surface area contributed by atoms with Crippen LogP contribution in [0.5, 0.6) is 5.75 Å². The first-order chi connectivity index (χ1) is 6.56. The lowest BCUT2D eigenvalue weighted by molar-refractivity contribution is 0.473. The second-order valence-corrected chi connectivity index (χ2v) is 3.47. The average Bonchev–Trinajstić information content (AvgIpc) is 2.16. The van der Waals surface area contributed by atoms with E-state index in [2.05, 4.69) is 0 Å². The third kappa shape index (κ3) is 1.94. The van der Waals surface area contributed by atoms with Crippen molar-refractivity contribution in [2.75, 3.05) is 0 Å². The number of nitriles is 1. The van der Waals surface area contributed by atoms with Crippen LogP contribution in [0.3, 0.4) is 0 Å². The van der Waals surface area contributed by atoms with Gasteiger partial charge in [0.25, 0.3) is 0 Å². The second kappa shape index (κ2) is 3.97. The fourth-order valence-electron chi connectivity index (χ4n) is 1.15. The van der Waals surface area contributed by atoms with Gasteiger partial charge >= 0.3 is 0 Å². The molecule has 1 aromatic rings. The predicted molar refractivity (Wildman–Crippen MR) is 56.8 cm³/mol. The van der Waals surface area contributed by atoms with Crippen LogP contribution >= 0.6 is 0 Å². The lowest BCUT2D eigenvalue weighted by Crippen LogP contribution is -1.84. The molecule has 2 heteroatoms. The van der Waals surface area contributed by atoms with Gasteiger partial charge in [0, 0.05) is 0 Å². The molecule has 2 nitrogen and oxygen atoms in total. The molecule has 0 saturated heterocycles. The van der Waals surface area contributed by atoms with Gasteiger partial charge in [-0.2, -0.15) is 5.26 Å². The number of phenols is 1. The molecule has 0 spiro atoms. The Morgan fingerprint density at radius 2 is 1.93 bits per heavy atom. The summed E-state index contributed by atoms with van der Waals surface area (Å²) in [5.74, 6) is 0.0469. The van der Waals surface area contributed by atoms with Crippen molar-refractivity contribution in [2.24, 2.45) is 0 Å². The summed E-state index contributed by atoms with van der Waals surface area (Å²) in [5, 5.41) is 18.1. The molecule has 0 aliphatic carbocycles. The van der Waals surface area contributed by atoms with Crippen LogP contribution in [0, 0.1) is 11.3 Å². The Hall–Kier alpha value is -1.75. The number of hydrogen-bond acceptors (Lipinski definition) is 2. The molecule has 0 unspecified atom stereocenters. The maximum absolute atomic E-state index is 9.48. The van der Waals surface area contributed by atoms with Crippen LogP contribution in [0.25, 0.3) is 5.57 Å². The lowest BCUT2D eigenvalue weighted by Gasteiger charge is -2.05. The van der Waals surface area contributed by atoms with E-state index in [0.29, 0.717) is 5.56 Å². The minimum absolute atomic E-state index is 0.0469. The molecule has 0 saturated carbocycles. The normalized spacial score (nSPS) is 9.29. The summed E-state index contributed by atoms with van der Waals surface area (Å²) in [5.41, 5.74) is 3.61. The number of phenolic OH excluding ortho intramolecular Hbond substituents is 1. The molecule has 0 radical (unpaired) electrons. The summed E-state index contributed by atoms with van der Waals surface area (Å²) in [7, 11) is 0. The van der Waals surface area contributed by atoms with Crippen molar-refractivity contribution >= 4 is 5.57 Å². The fourth-order valence-corrected chi connectivity index (χ4v) is 1.15. The third-order valence-corrected chi connectivity index (χ3v) is 2.30. The first kappa shape index (κ1) is 10.3. The first-order valence-corrected chi connectivity index (χ1v) is 4.44. The van der Waals surface area contributed by atoms with Crippen molar-refractivity contribution in [1.29, 1.82) is 5.26 Å². The highest BCUT2D eigenvalue weighted by Gasteiger charge is 2.03. The van der Waals surface area contributed by atoms with Gasteiger partial charge in [0.15, 0.2) is 0 Å². The van der Waals surface area contributed by atoms with E-state index < -0.39 is 0 Å². The maximum Gasteiger partial charge on any atom is 0.133 e. The van der Waals surface area contributed by atoms with Crippen LogP contribution < -0.4 is 0 Å². The van der Waals surface area contributed by atoms with Gasteiger partial charge in [0.05, 0.1) is 5.56 Å². The second-order valence-electron chi connectivity index (χ2n) is 3.47. The van der Waals surface area contributed by atoms with E-state index in [1.54, 1.807) is 12.1 Å². The van der Waals surface area contributed by atoms with Crippen LogP contribution in [-0.2, 0) is 0 Å². The molecular formula is C12H13NO. The van der Waals surface area contributed by atoms with E-state index in [0.717, 1.165) is 11.1 Å². The van der Waals surface area contributed by atoms with Gasteiger partial charge in [0.2, 0.25) is 0 Å². The van der Waals surface area contributed by atoms with E-state index in [1.165, 1.54) is 5.57 Å². The highest BCUT2D eigenvalue weighted by atomic mass is 16.3. The van der Waals surface area contributed by atoms with E-state index >= 15 is 0 Å². The molecule has 72 valence electrons. The van der Waals surface area contributed by atoms with Gasteiger partial charge < -0.3 is 5.11 Å². The monoisotopic (exact) mass is 187 g/mol. The Morgan fingerprint density at radius 1 is 1.29 bits per heavy atom. The fraction of sp³-hybridized carbons (Fsp3) is 0.250. The number of benzene rings is 1. The van der Waals surface area contributed by atoms with Crippen LogP contribution in [-0.4, -0.2) is 5.11 Å². The molecule has 0 heterocycles. The zero-order valence-electron chi connectivity index (χ0n) is 8.63. The van der Waals surface area contributed by atoms with Crippen molar-refractivity contribution in [3.8, 4) is 11.8 Å². The number of nitrogens with zero attached hydrogens (tertiary/aromatic N) is 1. The van der Waals surface area contributed by atoms with Gasteiger partial charge in [-0.1, -0.05) is 11.6 Å². The molecule has 1 rings (SSSR count). The number of allylic oxidation sites excluding steroid dienone is 2. The van der Waals surface area contributed by atoms with Crippen LogP contribution in [0.4, 0.5) is 0 Å². The molecule has 1 aromatic carbocycles. The maximum atomic E-state index is 9.48. The Kier molecular flexibility index (Phi) is 2.93. The van der Waals surface area contributed by atoms with Crippen molar-refractivity contribution in [3.05, 3.63) is 34.9 Å². The summed E-state index contributed by atoms with van der Waals surface area (Å²) < 4.78 is 0. The van der Waals surface area contributed by atoms with Gasteiger partial charge in [-0.05, 0) is 44.0 Å². The standard InChI is InChI=1S/C12H13NO/c1-8(2)9(3)10-4-5-11(7-13)12(14)6-10/h4-6,14H,1-3H3.